The number of aliphatic carboxylic acids is 1. The molecule has 1 heterocycles. The van der Waals surface area contributed by atoms with Gasteiger partial charge in [-0.3, -0.25) is 9.59 Å². The average molecular weight is 309 g/mol. The number of carbonyl (C=O) groups excluding carboxylic acids is 1. The first-order valence-corrected chi connectivity index (χ1v) is 8.14. The van der Waals surface area contributed by atoms with Crippen LogP contribution in [0.2, 0.25) is 0 Å². The van der Waals surface area contributed by atoms with Gasteiger partial charge in [0.2, 0.25) is 0 Å². The molecule has 1 aliphatic carbocycles. The summed E-state index contributed by atoms with van der Waals surface area (Å²) in [7, 11) is 0. The minimum Gasteiger partial charge on any atom is -0.481 e. The lowest BCUT2D eigenvalue weighted by Gasteiger charge is -2.16. The van der Waals surface area contributed by atoms with Crippen LogP contribution in [-0.4, -0.2) is 35.0 Å². The zero-order chi connectivity index (χ0) is 16.0. The number of carboxylic acids is 1. The Morgan fingerprint density at radius 2 is 1.74 bits per heavy atom. The predicted molar refractivity (Wildman–Crippen MR) is 87.2 cm³/mol. The number of carbonyl (C=O) groups is 2. The van der Waals surface area contributed by atoms with Crippen LogP contribution in [0.1, 0.15) is 23.2 Å². The Morgan fingerprint density at radius 1 is 1.00 bits per heavy atom. The fourth-order valence-corrected chi connectivity index (χ4v) is 3.76. The summed E-state index contributed by atoms with van der Waals surface area (Å²) in [6, 6.07) is 13.6. The van der Waals surface area contributed by atoms with Gasteiger partial charge < -0.3 is 10.0 Å². The fourth-order valence-electron chi connectivity index (χ4n) is 3.76. The van der Waals surface area contributed by atoms with Crippen molar-refractivity contribution in [3.63, 3.8) is 0 Å². The second kappa shape index (κ2) is 5.37. The lowest BCUT2D eigenvalue weighted by Crippen LogP contribution is -2.29. The Morgan fingerprint density at radius 3 is 2.43 bits per heavy atom. The first-order valence-electron chi connectivity index (χ1n) is 8.14. The van der Waals surface area contributed by atoms with E-state index in [9.17, 15) is 14.7 Å². The van der Waals surface area contributed by atoms with Crippen LogP contribution in [0.4, 0.5) is 0 Å². The van der Waals surface area contributed by atoms with Crippen LogP contribution in [0.25, 0.3) is 10.8 Å². The van der Waals surface area contributed by atoms with Crippen LogP contribution in [0, 0.1) is 17.8 Å². The van der Waals surface area contributed by atoms with E-state index >= 15 is 0 Å². The molecule has 0 bridgehead atoms. The molecule has 0 spiro atoms. The van der Waals surface area contributed by atoms with E-state index in [1.807, 2.05) is 42.5 Å². The summed E-state index contributed by atoms with van der Waals surface area (Å²) in [6.45, 7) is 0.912. The third kappa shape index (κ3) is 2.58. The molecule has 2 aromatic rings. The van der Waals surface area contributed by atoms with E-state index in [4.69, 9.17) is 0 Å². The predicted octanol–water partition coefficient (Wildman–Crippen LogP) is 3.02. The summed E-state index contributed by atoms with van der Waals surface area (Å²) < 4.78 is 0. The standard InChI is InChI=1S/C19H19NO3/c21-18(15-8-5-12-3-1-2-4-14(12)9-15)20-10-16(13-6-7-13)17(11-20)19(22)23/h1-5,8-9,13,16-17H,6-7,10-11H2,(H,22,23)/t16-,17+/m1/s1. The summed E-state index contributed by atoms with van der Waals surface area (Å²) in [4.78, 5) is 26.0. The first kappa shape index (κ1) is 14.2. The normalized spacial score (nSPS) is 24.1. The van der Waals surface area contributed by atoms with Gasteiger partial charge in [0.1, 0.15) is 0 Å². The molecule has 0 unspecified atom stereocenters. The van der Waals surface area contributed by atoms with Crippen LogP contribution in [0.15, 0.2) is 42.5 Å². The summed E-state index contributed by atoms with van der Waals surface area (Å²) in [5.41, 5.74) is 0.643. The van der Waals surface area contributed by atoms with Crippen LogP contribution in [0.5, 0.6) is 0 Å². The third-order valence-electron chi connectivity index (χ3n) is 5.19. The van der Waals surface area contributed by atoms with Crippen molar-refractivity contribution in [2.24, 2.45) is 17.8 Å². The van der Waals surface area contributed by atoms with Crippen molar-refractivity contribution in [2.75, 3.05) is 13.1 Å². The molecule has 4 nitrogen and oxygen atoms in total. The Bertz CT molecular complexity index is 781. The number of rotatable bonds is 3. The number of amides is 1. The molecule has 2 fully saturated rings. The largest absolute Gasteiger partial charge is 0.481 e. The zero-order valence-corrected chi connectivity index (χ0v) is 12.8. The molecule has 2 aromatic carbocycles. The fraction of sp³-hybridized carbons (Fsp3) is 0.368. The van der Waals surface area contributed by atoms with Gasteiger partial charge in [0.25, 0.3) is 5.91 Å². The van der Waals surface area contributed by atoms with E-state index in [1.54, 1.807) is 4.90 Å². The summed E-state index contributed by atoms with van der Waals surface area (Å²) in [6.07, 6.45) is 2.21. The third-order valence-corrected chi connectivity index (χ3v) is 5.19. The van der Waals surface area contributed by atoms with Crippen molar-refractivity contribution >= 4 is 22.6 Å². The van der Waals surface area contributed by atoms with Gasteiger partial charge in [-0.1, -0.05) is 30.3 Å². The molecular weight excluding hydrogens is 290 g/mol. The van der Waals surface area contributed by atoms with Gasteiger partial charge in [-0.15, -0.1) is 0 Å². The number of hydrogen-bond acceptors (Lipinski definition) is 2. The molecular formula is C19H19NO3. The maximum Gasteiger partial charge on any atom is 0.308 e. The maximum absolute atomic E-state index is 12.8. The Hall–Kier alpha value is -2.36. The molecule has 23 heavy (non-hydrogen) atoms. The highest BCUT2D eigenvalue weighted by Crippen LogP contribution is 2.44. The van der Waals surface area contributed by atoms with Gasteiger partial charge in [-0.2, -0.15) is 0 Å². The zero-order valence-electron chi connectivity index (χ0n) is 12.8. The van der Waals surface area contributed by atoms with Crippen LogP contribution >= 0.6 is 0 Å². The summed E-state index contributed by atoms with van der Waals surface area (Å²) in [5, 5.41) is 11.6. The van der Waals surface area contributed by atoms with Crippen LogP contribution < -0.4 is 0 Å². The van der Waals surface area contributed by atoms with Crippen molar-refractivity contribution in [1.29, 1.82) is 0 Å². The minimum absolute atomic E-state index is 0.0508. The average Bonchev–Trinajstić information content (AvgIpc) is 3.31. The van der Waals surface area contributed by atoms with Crippen LogP contribution in [0.3, 0.4) is 0 Å². The SMILES string of the molecule is O=C(O)[C@H]1CN(C(=O)c2ccc3ccccc3c2)C[C@@H]1C1CC1. The van der Waals surface area contributed by atoms with Gasteiger partial charge >= 0.3 is 5.97 Å². The highest BCUT2D eigenvalue weighted by atomic mass is 16.4. The van der Waals surface area contributed by atoms with Gasteiger partial charge in [-0.05, 0) is 47.6 Å². The topological polar surface area (TPSA) is 57.6 Å². The van der Waals surface area contributed by atoms with E-state index in [-0.39, 0.29) is 11.8 Å². The Labute approximate surface area is 134 Å². The molecule has 1 aliphatic heterocycles. The van der Waals surface area contributed by atoms with Crippen molar-refractivity contribution < 1.29 is 14.7 Å². The lowest BCUT2D eigenvalue weighted by atomic mass is 9.92. The maximum atomic E-state index is 12.8. The lowest BCUT2D eigenvalue weighted by molar-refractivity contribution is -0.142. The highest BCUT2D eigenvalue weighted by molar-refractivity contribution is 5.99. The quantitative estimate of drug-likeness (QED) is 0.948. The number of fused-ring (bicyclic) bond motifs is 1. The highest BCUT2D eigenvalue weighted by Gasteiger charge is 2.46. The number of carboxylic acid groups (broad SMARTS) is 1. The van der Waals surface area contributed by atoms with Crippen molar-refractivity contribution in [3.05, 3.63) is 48.0 Å². The summed E-state index contributed by atoms with van der Waals surface area (Å²) >= 11 is 0. The molecule has 2 atom stereocenters. The van der Waals surface area contributed by atoms with E-state index in [0.29, 0.717) is 24.6 Å². The van der Waals surface area contributed by atoms with Gasteiger partial charge in [0.15, 0.2) is 0 Å². The Kier molecular flexibility index (Phi) is 3.33. The molecule has 0 radical (unpaired) electrons. The molecule has 4 heteroatoms. The number of hydrogen-bond donors (Lipinski definition) is 1. The van der Waals surface area contributed by atoms with Gasteiger partial charge in [0.05, 0.1) is 5.92 Å². The second-order valence-corrected chi connectivity index (χ2v) is 6.72. The van der Waals surface area contributed by atoms with Crippen molar-refractivity contribution in [1.82, 2.24) is 4.90 Å². The molecule has 1 N–H and O–H groups in total. The monoisotopic (exact) mass is 309 g/mol. The smallest absolute Gasteiger partial charge is 0.308 e. The van der Waals surface area contributed by atoms with E-state index in [2.05, 4.69) is 0 Å². The summed E-state index contributed by atoms with van der Waals surface area (Å²) in [5.74, 6) is -0.616. The molecule has 1 saturated heterocycles. The molecule has 0 aromatic heterocycles. The molecule has 4 rings (SSSR count). The number of benzene rings is 2. The van der Waals surface area contributed by atoms with Crippen molar-refractivity contribution in [3.8, 4) is 0 Å². The first-order chi connectivity index (χ1) is 11.1. The van der Waals surface area contributed by atoms with Crippen molar-refractivity contribution in [2.45, 2.75) is 12.8 Å². The molecule has 2 aliphatic rings. The van der Waals surface area contributed by atoms with Gasteiger partial charge in [-0.25, -0.2) is 0 Å². The molecule has 118 valence electrons. The van der Waals surface area contributed by atoms with Crippen LogP contribution in [-0.2, 0) is 4.79 Å². The minimum atomic E-state index is -0.768. The van der Waals surface area contributed by atoms with E-state index < -0.39 is 11.9 Å². The number of likely N-dealkylation sites (tertiary alicyclic amines) is 1. The van der Waals surface area contributed by atoms with E-state index in [0.717, 1.165) is 23.6 Å². The second-order valence-electron chi connectivity index (χ2n) is 6.72. The Balaban J connectivity index is 1.59. The van der Waals surface area contributed by atoms with Gasteiger partial charge in [0, 0.05) is 18.7 Å². The molecule has 1 amide bonds. The number of nitrogens with zero attached hydrogens (tertiary/aromatic N) is 1. The van der Waals surface area contributed by atoms with E-state index in [1.165, 1.54) is 0 Å². The molecule has 1 saturated carbocycles.